The summed E-state index contributed by atoms with van der Waals surface area (Å²) >= 11 is 3.48. The first-order valence-corrected chi connectivity index (χ1v) is 7.99. The molecule has 2 fully saturated rings. The number of nitrogens with two attached hydrogens (primary N) is 1. The summed E-state index contributed by atoms with van der Waals surface area (Å²) < 4.78 is 1.04. The Hall–Kier alpha value is -0.450. The van der Waals surface area contributed by atoms with E-state index >= 15 is 0 Å². The van der Waals surface area contributed by atoms with E-state index in [-0.39, 0.29) is 6.04 Å². The predicted octanol–water partition coefficient (Wildman–Crippen LogP) is 2.59. The molecular formula is C15H22BrN3. The van der Waals surface area contributed by atoms with Crippen LogP contribution in [-0.4, -0.2) is 35.1 Å². The van der Waals surface area contributed by atoms with Gasteiger partial charge in [0.1, 0.15) is 0 Å². The van der Waals surface area contributed by atoms with E-state index in [0.717, 1.165) is 23.0 Å². The van der Waals surface area contributed by atoms with E-state index < -0.39 is 0 Å². The van der Waals surface area contributed by atoms with Crippen LogP contribution in [0.3, 0.4) is 0 Å². The van der Waals surface area contributed by atoms with Crippen molar-refractivity contribution < 1.29 is 0 Å². The van der Waals surface area contributed by atoms with Crippen LogP contribution in [0.2, 0.25) is 0 Å². The van der Waals surface area contributed by atoms with E-state index in [0.29, 0.717) is 5.92 Å². The van der Waals surface area contributed by atoms with E-state index in [1.807, 2.05) is 12.4 Å². The van der Waals surface area contributed by atoms with Crippen LogP contribution in [0, 0.1) is 5.92 Å². The van der Waals surface area contributed by atoms with Crippen LogP contribution in [0.25, 0.3) is 0 Å². The van der Waals surface area contributed by atoms with Gasteiger partial charge < -0.3 is 10.6 Å². The molecule has 0 radical (unpaired) electrons. The van der Waals surface area contributed by atoms with Gasteiger partial charge in [0.2, 0.25) is 0 Å². The van der Waals surface area contributed by atoms with Crippen molar-refractivity contribution in [1.82, 2.24) is 9.88 Å². The first-order chi connectivity index (χ1) is 9.13. The third-order valence-corrected chi connectivity index (χ3v) is 5.41. The van der Waals surface area contributed by atoms with Crippen molar-refractivity contribution in [2.24, 2.45) is 11.7 Å². The lowest BCUT2D eigenvalue weighted by atomic mass is 9.83. The highest BCUT2D eigenvalue weighted by atomic mass is 79.9. The molecule has 0 saturated carbocycles. The summed E-state index contributed by atoms with van der Waals surface area (Å²) in [7, 11) is 2.28. The molecule has 3 nitrogen and oxygen atoms in total. The second-order valence-electron chi connectivity index (χ2n) is 6.16. The quantitative estimate of drug-likeness (QED) is 0.929. The maximum absolute atomic E-state index is 6.47. The minimum absolute atomic E-state index is 0.271. The predicted molar refractivity (Wildman–Crippen MR) is 80.9 cm³/mol. The van der Waals surface area contributed by atoms with Gasteiger partial charge in [-0.05, 0) is 72.6 Å². The van der Waals surface area contributed by atoms with Crippen LogP contribution in [-0.2, 0) is 6.42 Å². The minimum Gasteiger partial charge on any atom is -0.327 e. The highest BCUT2D eigenvalue weighted by Gasteiger charge is 2.40. The average Bonchev–Trinajstić information content (AvgIpc) is 2.62. The molecule has 0 amide bonds. The van der Waals surface area contributed by atoms with E-state index in [1.165, 1.54) is 31.2 Å². The maximum Gasteiger partial charge on any atom is 0.0410 e. The van der Waals surface area contributed by atoms with Crippen molar-refractivity contribution in [2.75, 3.05) is 7.05 Å². The molecule has 1 aromatic heterocycles. The van der Waals surface area contributed by atoms with Crippen LogP contribution >= 0.6 is 15.9 Å². The monoisotopic (exact) mass is 323 g/mol. The Labute approximate surface area is 123 Å². The zero-order valence-electron chi connectivity index (χ0n) is 11.4. The summed E-state index contributed by atoms with van der Waals surface area (Å²) in [6, 6.07) is 3.95. The molecule has 4 heteroatoms. The first kappa shape index (κ1) is 13.5. The third-order valence-electron chi connectivity index (χ3n) is 4.97. The number of pyridine rings is 1. The topological polar surface area (TPSA) is 42.1 Å². The highest BCUT2D eigenvalue weighted by molar-refractivity contribution is 9.10. The molecule has 3 atom stereocenters. The molecule has 3 unspecified atom stereocenters. The van der Waals surface area contributed by atoms with Gasteiger partial charge in [0.05, 0.1) is 0 Å². The normalized spacial score (nSPS) is 32.5. The minimum atomic E-state index is 0.271. The van der Waals surface area contributed by atoms with E-state index in [1.54, 1.807) is 0 Å². The molecule has 0 spiro atoms. The van der Waals surface area contributed by atoms with Crippen molar-refractivity contribution in [1.29, 1.82) is 0 Å². The fraction of sp³-hybridized carbons (Fsp3) is 0.667. The van der Waals surface area contributed by atoms with E-state index in [9.17, 15) is 0 Å². The van der Waals surface area contributed by atoms with Gasteiger partial charge in [0.25, 0.3) is 0 Å². The number of hydrogen-bond donors (Lipinski definition) is 1. The van der Waals surface area contributed by atoms with Gasteiger partial charge in [-0.2, -0.15) is 0 Å². The molecule has 2 aliphatic rings. The summed E-state index contributed by atoms with van der Waals surface area (Å²) in [6.07, 6.45) is 9.98. The zero-order chi connectivity index (χ0) is 13.4. The molecule has 0 aromatic carbocycles. The SMILES string of the molecule is CN1C2CCC1CC(C(N)Cc1cncc(Br)c1)C2. The second-order valence-corrected chi connectivity index (χ2v) is 7.08. The molecule has 2 saturated heterocycles. The summed E-state index contributed by atoms with van der Waals surface area (Å²) in [5.74, 6) is 0.674. The maximum atomic E-state index is 6.47. The van der Waals surface area contributed by atoms with Gasteiger partial charge in [-0.3, -0.25) is 4.98 Å². The standard InChI is InChI=1S/C15H22BrN3/c1-19-13-2-3-14(19)7-11(6-13)15(17)5-10-4-12(16)9-18-8-10/h4,8-9,11,13-15H,2-3,5-7,17H2,1H3. The van der Waals surface area contributed by atoms with E-state index in [2.05, 4.69) is 38.9 Å². The number of rotatable bonds is 3. The Kier molecular flexibility index (Phi) is 3.92. The number of nitrogens with zero attached hydrogens (tertiary/aromatic N) is 2. The number of piperidine rings is 1. The second kappa shape index (κ2) is 5.51. The van der Waals surface area contributed by atoms with Gasteiger partial charge in [-0.25, -0.2) is 0 Å². The molecule has 19 heavy (non-hydrogen) atoms. The smallest absolute Gasteiger partial charge is 0.0410 e. The number of halogens is 1. The van der Waals surface area contributed by atoms with E-state index in [4.69, 9.17) is 5.73 Å². The molecule has 1 aromatic rings. The van der Waals surface area contributed by atoms with Gasteiger partial charge in [-0.1, -0.05) is 0 Å². The van der Waals surface area contributed by atoms with Crippen LogP contribution in [0.5, 0.6) is 0 Å². The van der Waals surface area contributed by atoms with Crippen LogP contribution in [0.15, 0.2) is 22.9 Å². The summed E-state index contributed by atoms with van der Waals surface area (Å²) in [4.78, 5) is 6.80. The third kappa shape index (κ3) is 2.86. The van der Waals surface area contributed by atoms with Gasteiger partial charge in [0.15, 0.2) is 0 Å². The van der Waals surface area contributed by atoms with Crippen molar-refractivity contribution in [3.05, 3.63) is 28.5 Å². The average molecular weight is 324 g/mol. The lowest BCUT2D eigenvalue weighted by Gasteiger charge is -2.38. The number of hydrogen-bond acceptors (Lipinski definition) is 3. The molecule has 2 bridgehead atoms. The van der Waals surface area contributed by atoms with Gasteiger partial charge >= 0.3 is 0 Å². The van der Waals surface area contributed by atoms with Crippen molar-refractivity contribution in [3.8, 4) is 0 Å². The molecule has 3 rings (SSSR count). The Balaban J connectivity index is 1.64. The molecule has 104 valence electrons. The van der Waals surface area contributed by atoms with Crippen LogP contribution in [0.1, 0.15) is 31.2 Å². The largest absolute Gasteiger partial charge is 0.327 e. The van der Waals surface area contributed by atoms with Crippen LogP contribution in [0.4, 0.5) is 0 Å². The molecular weight excluding hydrogens is 302 g/mol. The number of fused-ring (bicyclic) bond motifs is 2. The molecule has 2 N–H and O–H groups in total. The summed E-state index contributed by atoms with van der Waals surface area (Å²) in [5, 5.41) is 0. The fourth-order valence-corrected chi connectivity index (χ4v) is 4.22. The molecule has 3 heterocycles. The lowest BCUT2D eigenvalue weighted by molar-refractivity contribution is 0.120. The summed E-state index contributed by atoms with van der Waals surface area (Å²) in [5.41, 5.74) is 7.71. The Morgan fingerprint density at radius 1 is 1.37 bits per heavy atom. The Morgan fingerprint density at radius 2 is 2.05 bits per heavy atom. The van der Waals surface area contributed by atoms with Crippen molar-refractivity contribution >= 4 is 15.9 Å². The first-order valence-electron chi connectivity index (χ1n) is 7.20. The number of aromatic nitrogens is 1. The van der Waals surface area contributed by atoms with Gasteiger partial charge in [-0.15, -0.1) is 0 Å². The lowest BCUT2D eigenvalue weighted by Crippen LogP contribution is -2.46. The van der Waals surface area contributed by atoms with Crippen molar-refractivity contribution in [2.45, 2.75) is 50.2 Å². The molecule has 0 aliphatic carbocycles. The molecule has 2 aliphatic heterocycles. The zero-order valence-corrected chi connectivity index (χ0v) is 13.0. The Bertz CT molecular complexity index is 437. The summed E-state index contributed by atoms with van der Waals surface area (Å²) in [6.45, 7) is 0. The van der Waals surface area contributed by atoms with Crippen LogP contribution < -0.4 is 5.73 Å². The van der Waals surface area contributed by atoms with Crippen molar-refractivity contribution in [3.63, 3.8) is 0 Å². The Morgan fingerprint density at radius 3 is 2.68 bits per heavy atom. The fourth-order valence-electron chi connectivity index (χ4n) is 3.81. The van der Waals surface area contributed by atoms with Gasteiger partial charge in [0, 0.05) is 35.0 Å². The highest BCUT2D eigenvalue weighted by Crippen LogP contribution is 2.38.